The number of hydrogen-bond acceptors (Lipinski definition) is 6. The number of ether oxygens (including phenoxy) is 2. The van der Waals surface area contributed by atoms with Crippen molar-refractivity contribution in [3.8, 4) is 22.9 Å². The van der Waals surface area contributed by atoms with Gasteiger partial charge in [0.1, 0.15) is 0 Å². The largest absolute Gasteiger partial charge is 0.493 e. The van der Waals surface area contributed by atoms with Crippen molar-refractivity contribution in [1.29, 1.82) is 0 Å². The summed E-state index contributed by atoms with van der Waals surface area (Å²) in [5, 5.41) is 4.59. The van der Waals surface area contributed by atoms with Gasteiger partial charge in [0, 0.05) is 25.1 Å². The summed E-state index contributed by atoms with van der Waals surface area (Å²) in [6.07, 6.45) is 0.331. The number of hydrogen-bond donors (Lipinski definition) is 0. The highest BCUT2D eigenvalue weighted by molar-refractivity contribution is 6.33. The number of rotatable bonds is 6. The van der Waals surface area contributed by atoms with Gasteiger partial charge in [-0.05, 0) is 29.8 Å². The minimum absolute atomic E-state index is 0.0438. The van der Waals surface area contributed by atoms with Gasteiger partial charge in [-0.1, -0.05) is 35.0 Å². The Morgan fingerprint density at radius 2 is 1.97 bits per heavy atom. The second-order valence-electron chi connectivity index (χ2n) is 6.80. The van der Waals surface area contributed by atoms with E-state index in [-0.39, 0.29) is 11.8 Å². The third kappa shape index (κ3) is 3.91. The lowest BCUT2D eigenvalue weighted by Gasteiger charge is -2.17. The van der Waals surface area contributed by atoms with E-state index in [0.29, 0.717) is 53.3 Å². The fraction of sp³-hybridized carbons (Fsp3) is 0.286. The second kappa shape index (κ2) is 8.13. The van der Waals surface area contributed by atoms with E-state index in [1.807, 2.05) is 36.4 Å². The molecule has 0 bridgehead atoms. The summed E-state index contributed by atoms with van der Waals surface area (Å²) in [7, 11) is 3.18. The van der Waals surface area contributed by atoms with Crippen LogP contribution in [-0.4, -0.2) is 41.7 Å². The van der Waals surface area contributed by atoms with Crippen LogP contribution in [0.2, 0.25) is 5.02 Å². The highest BCUT2D eigenvalue weighted by Gasteiger charge is 2.34. The first-order valence-corrected chi connectivity index (χ1v) is 9.54. The molecule has 1 aliphatic heterocycles. The lowest BCUT2D eigenvalue weighted by atomic mass is 10.1. The van der Waals surface area contributed by atoms with Crippen LogP contribution in [-0.2, 0) is 11.3 Å². The fourth-order valence-corrected chi connectivity index (χ4v) is 3.66. The van der Waals surface area contributed by atoms with Crippen LogP contribution < -0.4 is 9.47 Å². The maximum absolute atomic E-state index is 12.5. The van der Waals surface area contributed by atoms with Gasteiger partial charge in [-0.15, -0.1) is 0 Å². The maximum Gasteiger partial charge on any atom is 0.232 e. The Morgan fingerprint density at radius 3 is 2.72 bits per heavy atom. The predicted octanol–water partition coefficient (Wildman–Crippen LogP) is 3.92. The SMILES string of the molecule is COc1ccc(CN2CC(c3nc(-c4ccccc4Cl)no3)CC2=O)cc1OC. The van der Waals surface area contributed by atoms with E-state index in [2.05, 4.69) is 10.1 Å². The number of amides is 1. The van der Waals surface area contributed by atoms with Crippen molar-refractivity contribution in [3.05, 3.63) is 58.9 Å². The number of benzene rings is 2. The van der Waals surface area contributed by atoms with E-state index in [1.54, 1.807) is 25.2 Å². The van der Waals surface area contributed by atoms with Gasteiger partial charge in [0.25, 0.3) is 0 Å². The van der Waals surface area contributed by atoms with Gasteiger partial charge in [-0.3, -0.25) is 4.79 Å². The van der Waals surface area contributed by atoms with Crippen molar-refractivity contribution < 1.29 is 18.8 Å². The van der Waals surface area contributed by atoms with Crippen LogP contribution >= 0.6 is 11.6 Å². The number of carbonyl (C=O) groups is 1. The molecule has 7 nitrogen and oxygen atoms in total. The molecule has 1 amide bonds. The van der Waals surface area contributed by atoms with Gasteiger partial charge < -0.3 is 18.9 Å². The molecule has 1 fully saturated rings. The Bertz CT molecular complexity index is 1040. The Labute approximate surface area is 173 Å². The molecule has 0 radical (unpaired) electrons. The Balaban J connectivity index is 1.48. The minimum Gasteiger partial charge on any atom is -0.493 e. The molecule has 150 valence electrons. The van der Waals surface area contributed by atoms with Crippen LogP contribution in [0.1, 0.15) is 23.8 Å². The van der Waals surface area contributed by atoms with E-state index >= 15 is 0 Å². The fourth-order valence-electron chi connectivity index (χ4n) is 3.44. The van der Waals surface area contributed by atoms with E-state index in [9.17, 15) is 4.79 Å². The molecule has 1 unspecified atom stereocenters. The predicted molar refractivity (Wildman–Crippen MR) is 107 cm³/mol. The van der Waals surface area contributed by atoms with Crippen molar-refractivity contribution in [1.82, 2.24) is 15.0 Å². The number of nitrogens with zero attached hydrogens (tertiary/aromatic N) is 3. The Morgan fingerprint density at radius 1 is 1.17 bits per heavy atom. The van der Waals surface area contributed by atoms with Crippen LogP contribution in [0.25, 0.3) is 11.4 Å². The number of methoxy groups -OCH3 is 2. The third-order valence-electron chi connectivity index (χ3n) is 4.94. The summed E-state index contributed by atoms with van der Waals surface area (Å²) >= 11 is 6.21. The van der Waals surface area contributed by atoms with Crippen LogP contribution in [0, 0.1) is 0 Å². The molecule has 29 heavy (non-hydrogen) atoms. The van der Waals surface area contributed by atoms with E-state index in [4.69, 9.17) is 25.6 Å². The number of likely N-dealkylation sites (tertiary alicyclic amines) is 1. The van der Waals surface area contributed by atoms with Gasteiger partial charge in [-0.25, -0.2) is 0 Å². The minimum atomic E-state index is -0.147. The zero-order chi connectivity index (χ0) is 20.4. The normalized spacial score (nSPS) is 16.3. The molecule has 2 aromatic carbocycles. The average molecular weight is 414 g/mol. The first kappa shape index (κ1) is 19.3. The molecule has 8 heteroatoms. The molecule has 1 aromatic heterocycles. The molecule has 1 aliphatic rings. The molecular formula is C21H20ClN3O4. The standard InChI is InChI=1S/C21H20ClN3O4/c1-27-17-8-7-13(9-18(17)28-2)11-25-12-14(10-19(25)26)21-23-20(24-29-21)15-5-3-4-6-16(15)22/h3-9,14H,10-12H2,1-2H3. The lowest BCUT2D eigenvalue weighted by molar-refractivity contribution is -0.128. The smallest absolute Gasteiger partial charge is 0.232 e. The molecule has 3 aromatic rings. The molecule has 0 N–H and O–H groups in total. The van der Waals surface area contributed by atoms with Crippen LogP contribution in [0.15, 0.2) is 47.0 Å². The zero-order valence-corrected chi connectivity index (χ0v) is 16.8. The lowest BCUT2D eigenvalue weighted by Crippen LogP contribution is -2.24. The van der Waals surface area contributed by atoms with Gasteiger partial charge in [0.2, 0.25) is 17.6 Å². The monoisotopic (exact) mass is 413 g/mol. The molecule has 0 saturated carbocycles. The van der Waals surface area contributed by atoms with Crippen LogP contribution in [0.3, 0.4) is 0 Å². The van der Waals surface area contributed by atoms with Crippen molar-refractivity contribution in [3.63, 3.8) is 0 Å². The molecule has 0 aliphatic carbocycles. The highest BCUT2D eigenvalue weighted by Crippen LogP contribution is 2.33. The van der Waals surface area contributed by atoms with E-state index in [0.717, 1.165) is 5.56 Å². The summed E-state index contributed by atoms with van der Waals surface area (Å²) in [5.41, 5.74) is 1.66. The summed E-state index contributed by atoms with van der Waals surface area (Å²) in [6.45, 7) is 0.985. The van der Waals surface area contributed by atoms with Crippen molar-refractivity contribution >= 4 is 17.5 Å². The van der Waals surface area contributed by atoms with Gasteiger partial charge in [-0.2, -0.15) is 4.98 Å². The highest BCUT2D eigenvalue weighted by atomic mass is 35.5. The maximum atomic E-state index is 12.5. The number of aromatic nitrogens is 2. The summed E-state index contributed by atoms with van der Waals surface area (Å²) in [6, 6.07) is 12.9. The zero-order valence-electron chi connectivity index (χ0n) is 16.1. The summed E-state index contributed by atoms with van der Waals surface area (Å²) in [5.74, 6) is 2.06. The Hall–Kier alpha value is -3.06. The molecule has 1 atom stereocenters. The molecule has 1 saturated heterocycles. The summed E-state index contributed by atoms with van der Waals surface area (Å²) in [4.78, 5) is 18.8. The average Bonchev–Trinajstić information content (AvgIpc) is 3.35. The molecule has 4 rings (SSSR count). The van der Waals surface area contributed by atoms with E-state index in [1.165, 1.54) is 0 Å². The van der Waals surface area contributed by atoms with Crippen molar-refractivity contribution in [2.45, 2.75) is 18.9 Å². The second-order valence-corrected chi connectivity index (χ2v) is 7.21. The van der Waals surface area contributed by atoms with E-state index < -0.39 is 0 Å². The molecular weight excluding hydrogens is 394 g/mol. The number of halogens is 1. The quantitative estimate of drug-likeness (QED) is 0.609. The van der Waals surface area contributed by atoms with Gasteiger partial charge in [0.05, 0.1) is 25.2 Å². The Kier molecular flexibility index (Phi) is 5.40. The first-order valence-electron chi connectivity index (χ1n) is 9.16. The van der Waals surface area contributed by atoms with Crippen molar-refractivity contribution in [2.75, 3.05) is 20.8 Å². The number of carbonyl (C=O) groups excluding carboxylic acids is 1. The van der Waals surface area contributed by atoms with Gasteiger partial charge in [0.15, 0.2) is 11.5 Å². The topological polar surface area (TPSA) is 77.7 Å². The van der Waals surface area contributed by atoms with Crippen molar-refractivity contribution in [2.24, 2.45) is 0 Å². The van der Waals surface area contributed by atoms with Crippen LogP contribution in [0.5, 0.6) is 11.5 Å². The van der Waals surface area contributed by atoms with Crippen LogP contribution in [0.4, 0.5) is 0 Å². The first-order chi connectivity index (χ1) is 14.1. The summed E-state index contributed by atoms with van der Waals surface area (Å²) < 4.78 is 16.0. The molecule has 2 heterocycles. The van der Waals surface area contributed by atoms with Gasteiger partial charge >= 0.3 is 0 Å². The molecule has 0 spiro atoms. The third-order valence-corrected chi connectivity index (χ3v) is 5.27.